The number of rotatable bonds is 7. The van der Waals surface area contributed by atoms with Gasteiger partial charge in [0.2, 0.25) is 0 Å². The maximum absolute atomic E-state index is 5.63. The van der Waals surface area contributed by atoms with E-state index in [0.717, 1.165) is 31.5 Å². The third-order valence-electron chi connectivity index (χ3n) is 1.92. The van der Waals surface area contributed by atoms with Crippen LogP contribution in [0.3, 0.4) is 0 Å². The van der Waals surface area contributed by atoms with Crippen LogP contribution in [0.25, 0.3) is 0 Å². The van der Waals surface area contributed by atoms with Crippen LogP contribution < -0.4 is 5.46 Å². The maximum Gasteiger partial charge on any atom is 0.493 e. The molecule has 1 heterocycles. The molecule has 1 aromatic heterocycles. The Morgan fingerprint density at radius 1 is 1.07 bits per heavy atom. The molecule has 0 radical (unpaired) electrons. The van der Waals surface area contributed by atoms with Gasteiger partial charge in [0.25, 0.3) is 0 Å². The predicted molar refractivity (Wildman–Crippen MR) is 62.1 cm³/mol. The van der Waals surface area contributed by atoms with Crippen LogP contribution in [-0.4, -0.2) is 25.3 Å². The van der Waals surface area contributed by atoms with Crippen molar-refractivity contribution in [1.29, 1.82) is 0 Å². The molecule has 82 valence electrons. The summed E-state index contributed by atoms with van der Waals surface area (Å²) in [7, 11) is -0.243. The highest BCUT2D eigenvalue weighted by atomic mass is 16.6. The van der Waals surface area contributed by atoms with Crippen molar-refractivity contribution in [3.05, 3.63) is 24.5 Å². The average molecular weight is 207 g/mol. The molecule has 0 aliphatic rings. The highest BCUT2D eigenvalue weighted by Crippen LogP contribution is 1.95. The minimum absolute atomic E-state index is 0.243. The van der Waals surface area contributed by atoms with E-state index in [2.05, 4.69) is 18.8 Å². The summed E-state index contributed by atoms with van der Waals surface area (Å²) in [6, 6.07) is 3.85. The number of hydrogen-bond donors (Lipinski definition) is 0. The zero-order valence-electron chi connectivity index (χ0n) is 9.48. The standard InChI is InChI=1S/C11H18BNO2/c1-3-9-14-12(15-10-4-2)11-5-7-13-8-6-11/h5-8H,3-4,9-10H2,1-2H3. The van der Waals surface area contributed by atoms with Crippen LogP contribution in [-0.2, 0) is 9.31 Å². The Balaban J connectivity index is 2.55. The molecule has 0 fully saturated rings. The van der Waals surface area contributed by atoms with E-state index in [0.29, 0.717) is 0 Å². The van der Waals surface area contributed by atoms with Crippen LogP contribution in [0, 0.1) is 0 Å². The minimum atomic E-state index is -0.243. The summed E-state index contributed by atoms with van der Waals surface area (Å²) in [6.07, 6.45) is 5.51. The fourth-order valence-electron chi connectivity index (χ4n) is 1.21. The average Bonchev–Trinajstić information content (AvgIpc) is 2.30. The summed E-state index contributed by atoms with van der Waals surface area (Å²) in [5.41, 5.74) is 1.03. The fourth-order valence-corrected chi connectivity index (χ4v) is 1.21. The van der Waals surface area contributed by atoms with Gasteiger partial charge in [-0.2, -0.15) is 0 Å². The topological polar surface area (TPSA) is 31.4 Å². The van der Waals surface area contributed by atoms with E-state index in [1.807, 2.05) is 12.1 Å². The Hall–Kier alpha value is -0.865. The van der Waals surface area contributed by atoms with E-state index in [-0.39, 0.29) is 7.12 Å². The van der Waals surface area contributed by atoms with Crippen LogP contribution in [0.1, 0.15) is 26.7 Å². The van der Waals surface area contributed by atoms with Gasteiger partial charge in [0.05, 0.1) is 0 Å². The van der Waals surface area contributed by atoms with Crippen LogP contribution in [0.5, 0.6) is 0 Å². The van der Waals surface area contributed by atoms with Gasteiger partial charge >= 0.3 is 7.12 Å². The molecular formula is C11H18BNO2. The molecule has 4 heteroatoms. The van der Waals surface area contributed by atoms with Crippen LogP contribution >= 0.6 is 0 Å². The third-order valence-corrected chi connectivity index (χ3v) is 1.92. The predicted octanol–water partition coefficient (Wildman–Crippen LogP) is 1.63. The second kappa shape index (κ2) is 7.43. The summed E-state index contributed by atoms with van der Waals surface area (Å²) in [6.45, 7) is 5.61. The van der Waals surface area contributed by atoms with E-state index in [9.17, 15) is 0 Å². The molecule has 15 heavy (non-hydrogen) atoms. The van der Waals surface area contributed by atoms with Crippen LogP contribution in [0.4, 0.5) is 0 Å². The van der Waals surface area contributed by atoms with Crippen molar-refractivity contribution in [2.24, 2.45) is 0 Å². The molecule has 0 aromatic carbocycles. The van der Waals surface area contributed by atoms with Gasteiger partial charge in [-0.25, -0.2) is 0 Å². The number of aromatic nitrogens is 1. The molecule has 3 nitrogen and oxygen atoms in total. The van der Waals surface area contributed by atoms with Crippen molar-refractivity contribution < 1.29 is 9.31 Å². The largest absolute Gasteiger partial charge is 0.493 e. The molecule has 1 aromatic rings. The Labute approximate surface area is 92.0 Å². The summed E-state index contributed by atoms with van der Waals surface area (Å²) < 4.78 is 11.3. The van der Waals surface area contributed by atoms with E-state index in [4.69, 9.17) is 9.31 Å². The van der Waals surface area contributed by atoms with Crippen molar-refractivity contribution in [2.45, 2.75) is 26.7 Å². The molecule has 1 rings (SSSR count). The zero-order valence-corrected chi connectivity index (χ0v) is 9.48. The summed E-state index contributed by atoms with van der Waals surface area (Å²) in [5.74, 6) is 0. The van der Waals surface area contributed by atoms with Crippen molar-refractivity contribution in [2.75, 3.05) is 13.2 Å². The summed E-state index contributed by atoms with van der Waals surface area (Å²) in [5, 5.41) is 0. The van der Waals surface area contributed by atoms with Gasteiger partial charge in [-0.3, -0.25) is 4.98 Å². The van der Waals surface area contributed by atoms with Gasteiger partial charge in [0.15, 0.2) is 0 Å². The lowest BCUT2D eigenvalue weighted by Crippen LogP contribution is -2.37. The lowest BCUT2D eigenvalue weighted by atomic mass is 9.79. The zero-order chi connectivity index (χ0) is 10.9. The second-order valence-corrected chi connectivity index (χ2v) is 3.35. The van der Waals surface area contributed by atoms with Gasteiger partial charge in [-0.1, -0.05) is 13.8 Å². The lowest BCUT2D eigenvalue weighted by molar-refractivity contribution is 0.207. The SMILES string of the molecule is CCCOB(OCCC)c1ccncc1. The summed E-state index contributed by atoms with van der Waals surface area (Å²) in [4.78, 5) is 3.98. The van der Waals surface area contributed by atoms with E-state index in [1.165, 1.54) is 0 Å². The van der Waals surface area contributed by atoms with Crippen molar-refractivity contribution >= 4 is 12.6 Å². The highest BCUT2D eigenvalue weighted by molar-refractivity contribution is 6.61. The van der Waals surface area contributed by atoms with Crippen molar-refractivity contribution in [3.8, 4) is 0 Å². The van der Waals surface area contributed by atoms with E-state index in [1.54, 1.807) is 12.4 Å². The second-order valence-electron chi connectivity index (χ2n) is 3.35. The first-order chi connectivity index (χ1) is 7.38. The number of nitrogens with zero attached hydrogens (tertiary/aromatic N) is 1. The Bertz CT molecular complexity index is 248. The van der Waals surface area contributed by atoms with Gasteiger partial charge in [0.1, 0.15) is 0 Å². The van der Waals surface area contributed by atoms with Crippen molar-refractivity contribution in [1.82, 2.24) is 4.98 Å². The molecule has 0 spiro atoms. The monoisotopic (exact) mass is 207 g/mol. The molecule has 0 bridgehead atoms. The number of pyridine rings is 1. The molecule has 0 saturated heterocycles. The number of hydrogen-bond acceptors (Lipinski definition) is 3. The molecule has 0 unspecified atom stereocenters. The first kappa shape index (κ1) is 12.2. The maximum atomic E-state index is 5.63. The smallest absolute Gasteiger partial charge is 0.407 e. The van der Waals surface area contributed by atoms with Crippen LogP contribution in [0.15, 0.2) is 24.5 Å². The van der Waals surface area contributed by atoms with Gasteiger partial charge < -0.3 is 9.31 Å². The molecule has 0 saturated carbocycles. The molecule has 0 N–H and O–H groups in total. The quantitative estimate of drug-likeness (QED) is 0.636. The highest BCUT2D eigenvalue weighted by Gasteiger charge is 2.20. The van der Waals surface area contributed by atoms with E-state index < -0.39 is 0 Å². The van der Waals surface area contributed by atoms with E-state index >= 15 is 0 Å². The first-order valence-electron chi connectivity index (χ1n) is 5.51. The van der Waals surface area contributed by atoms with Crippen molar-refractivity contribution in [3.63, 3.8) is 0 Å². The van der Waals surface area contributed by atoms with Gasteiger partial charge in [-0.05, 0) is 30.4 Å². The Morgan fingerprint density at radius 3 is 2.07 bits per heavy atom. The Morgan fingerprint density at radius 2 is 1.60 bits per heavy atom. The lowest BCUT2D eigenvalue weighted by Gasteiger charge is -2.13. The van der Waals surface area contributed by atoms with Gasteiger partial charge in [0, 0.05) is 25.6 Å². The minimum Gasteiger partial charge on any atom is -0.407 e. The third kappa shape index (κ3) is 4.45. The molecule has 0 atom stereocenters. The normalized spacial score (nSPS) is 10.3. The van der Waals surface area contributed by atoms with Gasteiger partial charge in [-0.15, -0.1) is 0 Å². The fraction of sp³-hybridized carbons (Fsp3) is 0.545. The molecule has 0 aliphatic heterocycles. The molecule has 0 amide bonds. The first-order valence-corrected chi connectivity index (χ1v) is 5.51. The molecule has 0 aliphatic carbocycles. The molecular weight excluding hydrogens is 189 g/mol. The Kier molecular flexibility index (Phi) is 6.05. The summed E-state index contributed by atoms with van der Waals surface area (Å²) >= 11 is 0. The van der Waals surface area contributed by atoms with Crippen LogP contribution in [0.2, 0.25) is 0 Å².